The van der Waals surface area contributed by atoms with Crippen LogP contribution in [0.3, 0.4) is 0 Å². The molecule has 2 nitrogen and oxygen atoms in total. The van der Waals surface area contributed by atoms with Crippen LogP contribution >= 0.6 is 0 Å². The number of rotatable bonds is 9. The van der Waals surface area contributed by atoms with Crippen molar-refractivity contribution in [1.82, 2.24) is 4.57 Å². The predicted molar refractivity (Wildman–Crippen MR) is 280 cm³/mol. The van der Waals surface area contributed by atoms with Crippen molar-refractivity contribution in [2.45, 2.75) is 0 Å². The summed E-state index contributed by atoms with van der Waals surface area (Å²) in [6.07, 6.45) is 0. The number of fused-ring (bicyclic) bond motifs is 4. The third-order valence-corrected chi connectivity index (χ3v) is 13.0. The Morgan fingerprint density at radius 1 is 0.258 bits per heavy atom. The predicted octanol–water partition coefficient (Wildman–Crippen LogP) is 17.7. The van der Waals surface area contributed by atoms with Gasteiger partial charge in [0.1, 0.15) is 0 Å². The Labute approximate surface area is 385 Å². The Hall–Kier alpha value is -8.72. The fourth-order valence-electron chi connectivity index (χ4n) is 9.87. The van der Waals surface area contributed by atoms with Crippen LogP contribution in [-0.4, -0.2) is 4.57 Å². The van der Waals surface area contributed by atoms with Crippen LogP contribution in [0.2, 0.25) is 0 Å². The van der Waals surface area contributed by atoms with Crippen molar-refractivity contribution in [3.8, 4) is 61.3 Å². The molecule has 0 amide bonds. The van der Waals surface area contributed by atoms with E-state index in [0.717, 1.165) is 28.3 Å². The van der Waals surface area contributed by atoms with Gasteiger partial charge in [-0.15, -0.1) is 0 Å². The maximum Gasteiger partial charge on any atom is 0.0546 e. The van der Waals surface area contributed by atoms with Crippen LogP contribution < -0.4 is 4.90 Å². The van der Waals surface area contributed by atoms with Gasteiger partial charge in [0.15, 0.2) is 0 Å². The molecule has 0 N–H and O–H groups in total. The monoisotopic (exact) mass is 840 g/mol. The number of anilines is 3. The number of nitrogens with zero attached hydrogens (tertiary/aromatic N) is 2. The molecule has 310 valence electrons. The van der Waals surface area contributed by atoms with Crippen LogP contribution in [0.4, 0.5) is 17.1 Å². The van der Waals surface area contributed by atoms with Gasteiger partial charge in [-0.2, -0.15) is 0 Å². The average molecular weight is 841 g/mol. The number of para-hydroxylation sites is 2. The van der Waals surface area contributed by atoms with Crippen LogP contribution in [0.1, 0.15) is 0 Å². The highest BCUT2D eigenvalue weighted by Gasteiger charge is 2.20. The molecule has 0 unspecified atom stereocenters. The van der Waals surface area contributed by atoms with E-state index in [2.05, 4.69) is 276 Å². The zero-order valence-corrected chi connectivity index (χ0v) is 36.3. The Balaban J connectivity index is 0.996. The molecule has 0 spiro atoms. The number of hydrogen-bond donors (Lipinski definition) is 0. The molecule has 0 aliphatic heterocycles. The average Bonchev–Trinajstić information content (AvgIpc) is 3.74. The molecule has 0 aliphatic carbocycles. The van der Waals surface area contributed by atoms with Gasteiger partial charge in [0.2, 0.25) is 0 Å². The summed E-state index contributed by atoms with van der Waals surface area (Å²) in [6.45, 7) is 0. The summed E-state index contributed by atoms with van der Waals surface area (Å²) < 4.78 is 2.45. The summed E-state index contributed by atoms with van der Waals surface area (Å²) in [6, 6.07) is 96.9. The molecule has 1 heterocycles. The Kier molecular flexibility index (Phi) is 9.89. The standard InChI is InChI=1S/C64H44N2/c1-3-16-45(17-4-1)46-32-34-47(35-33-46)48-36-40-53(41-37-48)65(55-23-13-22-52(44-55)57-27-14-21-49-20-7-8-24-56(49)57)54-42-38-51(39-43-54)64-58(50-18-5-2-6-19-50)28-15-31-63(64)66-61-29-11-9-25-59(61)60-26-10-12-30-62(60)66/h1-44H. The fraction of sp³-hybridized carbons (Fsp3) is 0. The molecule has 11 aromatic carbocycles. The van der Waals surface area contributed by atoms with Crippen LogP contribution in [0.5, 0.6) is 0 Å². The van der Waals surface area contributed by atoms with E-state index in [4.69, 9.17) is 0 Å². The largest absolute Gasteiger partial charge is 0.310 e. The molecular formula is C64H44N2. The van der Waals surface area contributed by atoms with Crippen molar-refractivity contribution in [2.75, 3.05) is 4.90 Å². The first-order chi connectivity index (χ1) is 32.7. The zero-order chi connectivity index (χ0) is 43.8. The molecule has 0 saturated carbocycles. The first-order valence-corrected chi connectivity index (χ1v) is 22.7. The maximum absolute atomic E-state index is 2.45. The van der Waals surface area contributed by atoms with Gasteiger partial charge in [-0.25, -0.2) is 0 Å². The molecular weight excluding hydrogens is 797 g/mol. The normalized spacial score (nSPS) is 11.3. The van der Waals surface area contributed by atoms with Gasteiger partial charge in [-0.05, 0) is 115 Å². The van der Waals surface area contributed by atoms with Crippen molar-refractivity contribution in [2.24, 2.45) is 0 Å². The number of aromatic nitrogens is 1. The summed E-state index contributed by atoms with van der Waals surface area (Å²) in [4.78, 5) is 2.39. The van der Waals surface area contributed by atoms with E-state index in [0.29, 0.717) is 0 Å². The highest BCUT2D eigenvalue weighted by molar-refractivity contribution is 6.10. The van der Waals surface area contributed by atoms with Crippen LogP contribution in [0.25, 0.3) is 93.9 Å². The highest BCUT2D eigenvalue weighted by Crippen LogP contribution is 2.44. The number of hydrogen-bond acceptors (Lipinski definition) is 1. The third-order valence-electron chi connectivity index (χ3n) is 13.0. The lowest BCUT2D eigenvalue weighted by atomic mass is 9.92. The first kappa shape index (κ1) is 38.9. The minimum absolute atomic E-state index is 1.07. The lowest BCUT2D eigenvalue weighted by molar-refractivity contribution is 1.18. The lowest BCUT2D eigenvalue weighted by Gasteiger charge is -2.27. The van der Waals surface area contributed by atoms with Gasteiger partial charge >= 0.3 is 0 Å². The van der Waals surface area contributed by atoms with Gasteiger partial charge in [0.05, 0.1) is 16.7 Å². The van der Waals surface area contributed by atoms with E-state index in [1.54, 1.807) is 0 Å². The third kappa shape index (κ3) is 7.02. The lowest BCUT2D eigenvalue weighted by Crippen LogP contribution is -2.10. The SMILES string of the molecule is c1ccc(-c2ccc(-c3ccc(N(c4ccc(-c5c(-c6ccccc6)cccc5-n5c6ccccc6c6ccccc65)cc4)c4cccc(-c5cccc6ccccc56)c4)cc3)cc2)cc1. The van der Waals surface area contributed by atoms with E-state index < -0.39 is 0 Å². The highest BCUT2D eigenvalue weighted by atomic mass is 15.1. The molecule has 12 rings (SSSR count). The van der Waals surface area contributed by atoms with E-state index >= 15 is 0 Å². The Morgan fingerprint density at radius 2 is 0.697 bits per heavy atom. The maximum atomic E-state index is 2.45. The van der Waals surface area contributed by atoms with Gasteiger partial charge in [-0.3, -0.25) is 0 Å². The van der Waals surface area contributed by atoms with Gasteiger partial charge in [0, 0.05) is 33.4 Å². The summed E-state index contributed by atoms with van der Waals surface area (Å²) in [5.41, 5.74) is 18.7. The minimum Gasteiger partial charge on any atom is -0.310 e. The van der Waals surface area contributed by atoms with Crippen molar-refractivity contribution >= 4 is 49.6 Å². The van der Waals surface area contributed by atoms with E-state index in [9.17, 15) is 0 Å². The first-order valence-electron chi connectivity index (χ1n) is 22.7. The second kappa shape index (κ2) is 16.8. The summed E-state index contributed by atoms with van der Waals surface area (Å²) >= 11 is 0. The Bertz CT molecular complexity index is 3600. The molecule has 0 bridgehead atoms. The quantitative estimate of drug-likeness (QED) is 0.141. The molecule has 0 aliphatic rings. The van der Waals surface area contributed by atoms with Gasteiger partial charge in [-0.1, -0.05) is 212 Å². The van der Waals surface area contributed by atoms with Gasteiger partial charge < -0.3 is 9.47 Å². The topological polar surface area (TPSA) is 8.17 Å². The van der Waals surface area contributed by atoms with Gasteiger partial charge in [0.25, 0.3) is 0 Å². The van der Waals surface area contributed by atoms with Crippen molar-refractivity contribution in [3.63, 3.8) is 0 Å². The second-order valence-corrected chi connectivity index (χ2v) is 16.9. The van der Waals surface area contributed by atoms with Crippen LogP contribution in [0.15, 0.2) is 267 Å². The molecule has 12 aromatic rings. The molecule has 66 heavy (non-hydrogen) atoms. The summed E-state index contributed by atoms with van der Waals surface area (Å²) in [5, 5.41) is 4.97. The number of benzene rings is 11. The van der Waals surface area contributed by atoms with Crippen molar-refractivity contribution < 1.29 is 0 Å². The van der Waals surface area contributed by atoms with Crippen molar-refractivity contribution in [3.05, 3.63) is 267 Å². The summed E-state index contributed by atoms with van der Waals surface area (Å²) in [7, 11) is 0. The smallest absolute Gasteiger partial charge is 0.0546 e. The molecule has 0 fully saturated rings. The molecule has 0 saturated heterocycles. The molecule has 0 radical (unpaired) electrons. The van der Waals surface area contributed by atoms with Crippen molar-refractivity contribution in [1.29, 1.82) is 0 Å². The fourth-order valence-corrected chi connectivity index (χ4v) is 9.87. The molecule has 0 atom stereocenters. The van der Waals surface area contributed by atoms with Crippen LogP contribution in [-0.2, 0) is 0 Å². The van der Waals surface area contributed by atoms with E-state index in [-0.39, 0.29) is 0 Å². The van der Waals surface area contributed by atoms with Crippen LogP contribution in [0, 0.1) is 0 Å². The molecule has 2 heteroatoms. The molecule has 1 aromatic heterocycles. The second-order valence-electron chi connectivity index (χ2n) is 16.9. The zero-order valence-electron chi connectivity index (χ0n) is 36.3. The summed E-state index contributed by atoms with van der Waals surface area (Å²) in [5.74, 6) is 0. The van der Waals surface area contributed by atoms with E-state index in [1.807, 2.05) is 0 Å². The minimum atomic E-state index is 1.07. The Morgan fingerprint density at radius 3 is 1.33 bits per heavy atom. The van der Waals surface area contributed by atoms with E-state index in [1.165, 1.54) is 82.6 Å².